The van der Waals surface area contributed by atoms with Crippen LogP contribution in [0.5, 0.6) is 0 Å². The van der Waals surface area contributed by atoms with Crippen molar-refractivity contribution in [3.63, 3.8) is 0 Å². The number of hydrogen-bond acceptors (Lipinski definition) is 19. The van der Waals surface area contributed by atoms with E-state index in [1.165, 1.54) is 29.8 Å². The standard InChI is InChI=1S/C29H25ClN6O.C29H25FN6O.C28H23FN6O.C26H21N5O/c2*1-18-13-26(35-11-9-32-10-12-35)21(16-31)15-25(18)36-28-23-14-20(19-3-6-22(30)7-4-19)5-8-24(23)33-17-27(28)34(2)29(36)37;1-33-26-17-32-24-8-4-19(18-2-5-21(29)6-3-18)15-23(24)27(26)35(28(33)36)22-7-9-25(20(14-22)16-30)34-12-10-31-11-13-34;1-30-24-16-29-23-10-9-20(19-7-5-17(6-8-19)11-12-27)14-22(23)25(24)31(26(30)32)21-4-2-3-18(13-21)15-28/h2*3-8,13-15,17,32H,9-12H2,1-2H3;2-9,14-15,17,31H,10-13H2,1H3;2-10,13-14,16H,11-12,27H2,1H3. The third-order valence-electron chi connectivity index (χ3n) is 27.1. The van der Waals surface area contributed by atoms with Gasteiger partial charge in [0.05, 0.1) is 159 Å². The van der Waals surface area contributed by atoms with Crippen LogP contribution in [0.3, 0.4) is 0 Å². The van der Waals surface area contributed by atoms with Crippen LogP contribution in [0, 0.1) is 70.8 Å². The number of halogens is 3. The fourth-order valence-electron chi connectivity index (χ4n) is 19.6. The van der Waals surface area contributed by atoms with Gasteiger partial charge in [0.25, 0.3) is 0 Å². The lowest BCUT2D eigenvalue weighted by Gasteiger charge is -2.30. The summed E-state index contributed by atoms with van der Waals surface area (Å²) >= 11 is 6.10. The highest BCUT2D eigenvalue weighted by molar-refractivity contribution is 6.30. The molecule has 8 aromatic heterocycles. The Kier molecular flexibility index (Phi) is 25.3. The van der Waals surface area contributed by atoms with Crippen LogP contribution in [0.1, 0.15) is 38.9 Å². The van der Waals surface area contributed by atoms with Crippen LogP contribution < -0.4 is 59.1 Å². The molecule has 702 valence electrons. The zero-order valence-corrected chi connectivity index (χ0v) is 79.3. The molecule has 0 aliphatic carbocycles. The molecule has 0 unspecified atom stereocenters. The molecular formula is C112H94ClF2N23O4. The summed E-state index contributed by atoms with van der Waals surface area (Å²) in [4.78, 5) is 79.0. The fourth-order valence-corrected chi connectivity index (χ4v) is 19.7. The molecule has 3 fully saturated rings. The van der Waals surface area contributed by atoms with Crippen molar-refractivity contribution in [3.05, 3.63) is 359 Å². The smallest absolute Gasteiger partial charge is 0.333 e. The molecule has 3 saturated heterocycles. The van der Waals surface area contributed by atoms with Gasteiger partial charge in [-0.15, -0.1) is 0 Å². The van der Waals surface area contributed by atoms with Crippen molar-refractivity contribution in [2.24, 2.45) is 33.9 Å². The maximum atomic E-state index is 13.6. The summed E-state index contributed by atoms with van der Waals surface area (Å²) < 4.78 is 40.1. The number of rotatable bonds is 13. The van der Waals surface area contributed by atoms with Crippen LogP contribution in [-0.2, 0) is 34.6 Å². The number of nitriles is 4. The largest absolute Gasteiger partial charge is 0.368 e. The van der Waals surface area contributed by atoms with E-state index in [9.17, 15) is 49.0 Å². The first-order valence-corrected chi connectivity index (χ1v) is 47.1. The Hall–Kier alpha value is -17.3. The summed E-state index contributed by atoms with van der Waals surface area (Å²) in [6, 6.07) is 82.2. The van der Waals surface area contributed by atoms with Crippen LogP contribution in [-0.4, -0.2) is 142 Å². The van der Waals surface area contributed by atoms with E-state index in [1.54, 1.807) is 138 Å². The van der Waals surface area contributed by atoms with E-state index < -0.39 is 0 Å². The predicted molar refractivity (Wildman–Crippen MR) is 558 cm³/mol. The van der Waals surface area contributed by atoms with Crippen LogP contribution in [0.25, 0.3) is 155 Å². The Morgan fingerprint density at radius 1 is 0.345 bits per heavy atom. The molecule has 20 aromatic rings. The molecule has 0 saturated carbocycles. The zero-order valence-electron chi connectivity index (χ0n) is 78.6. The van der Waals surface area contributed by atoms with Crippen molar-refractivity contribution < 1.29 is 8.78 Å². The maximum absolute atomic E-state index is 13.6. The Morgan fingerprint density at radius 3 is 1.01 bits per heavy atom. The molecule has 0 spiro atoms. The van der Waals surface area contributed by atoms with Gasteiger partial charge in [0, 0.05) is 133 Å². The van der Waals surface area contributed by atoms with Gasteiger partial charge in [0.2, 0.25) is 0 Å². The Morgan fingerprint density at radius 2 is 0.662 bits per heavy atom. The van der Waals surface area contributed by atoms with E-state index in [0.717, 1.165) is 234 Å². The fraction of sp³-hybridized carbons (Fsp3) is 0.179. The number of aryl methyl sites for hydroxylation is 6. The van der Waals surface area contributed by atoms with Gasteiger partial charge in [0.15, 0.2) is 0 Å². The lowest BCUT2D eigenvalue weighted by molar-refractivity contribution is 0.589. The molecule has 3 aliphatic heterocycles. The van der Waals surface area contributed by atoms with Crippen LogP contribution >= 0.6 is 11.6 Å². The van der Waals surface area contributed by atoms with Crippen molar-refractivity contribution in [3.8, 4) is 91.5 Å². The zero-order chi connectivity index (χ0) is 98.4. The predicted octanol–water partition coefficient (Wildman–Crippen LogP) is 16.9. The number of aromatic nitrogens is 12. The summed E-state index contributed by atoms with van der Waals surface area (Å²) in [6.45, 7) is 14.8. The quantitative estimate of drug-likeness (QED) is 0.0833. The van der Waals surface area contributed by atoms with Crippen molar-refractivity contribution in [2.45, 2.75) is 20.3 Å². The van der Waals surface area contributed by atoms with Crippen molar-refractivity contribution in [2.75, 3.05) is 99.8 Å². The monoisotopic (exact) mass is 1900 g/mol. The second-order valence-corrected chi connectivity index (χ2v) is 36.0. The minimum absolute atomic E-state index is 0.178. The van der Waals surface area contributed by atoms with E-state index in [-0.39, 0.29) is 34.4 Å². The molecule has 23 rings (SSSR count). The van der Waals surface area contributed by atoms with Gasteiger partial charge in [-0.05, 0) is 234 Å². The lowest BCUT2D eigenvalue weighted by Crippen LogP contribution is -2.43. The average Bonchev–Trinajstić information content (AvgIpc) is 1.57. The van der Waals surface area contributed by atoms with E-state index in [1.807, 2.05) is 141 Å². The molecule has 30 heteroatoms. The second kappa shape index (κ2) is 38.9. The normalized spacial score (nSPS) is 13.2. The summed E-state index contributed by atoms with van der Waals surface area (Å²) in [7, 11) is 6.95. The van der Waals surface area contributed by atoms with E-state index >= 15 is 0 Å². The van der Waals surface area contributed by atoms with E-state index in [0.29, 0.717) is 67.6 Å². The topological polar surface area (TPSA) is 326 Å². The third-order valence-corrected chi connectivity index (χ3v) is 27.4. The van der Waals surface area contributed by atoms with Gasteiger partial charge in [-0.3, -0.25) is 56.5 Å². The first kappa shape index (κ1) is 92.4. The van der Waals surface area contributed by atoms with Crippen molar-refractivity contribution >= 4 is 116 Å². The van der Waals surface area contributed by atoms with E-state index in [4.69, 9.17) is 17.3 Å². The number of fused-ring (bicyclic) bond motifs is 12. The number of piperazine rings is 3. The minimum atomic E-state index is -0.293. The van der Waals surface area contributed by atoms with Crippen molar-refractivity contribution in [1.29, 1.82) is 21.0 Å². The highest BCUT2D eigenvalue weighted by atomic mass is 35.5. The molecule has 5 N–H and O–H groups in total. The molecule has 0 bridgehead atoms. The van der Waals surface area contributed by atoms with Crippen LogP contribution in [0.15, 0.2) is 281 Å². The summed E-state index contributed by atoms with van der Waals surface area (Å²) in [5.41, 5.74) is 32.0. The SMILES string of the molecule is Cc1cc(N2CCNCC2)c(C#N)cc1-n1c(=O)n(C)c2cnc3ccc(-c4ccc(Cl)cc4)cc3c21.Cc1cc(N2CCNCC2)c(C#N)cc1-n1c(=O)n(C)c2cnc3ccc(-c4ccc(F)cc4)cc3c21.Cn1c(=O)n(-c2ccc(N3CCNCC3)c(C#N)c2)c2c3cc(-c4ccc(F)cc4)ccc3ncc21.Cn1c(=O)n(-c2cccc(C#N)c2)c2c3cc(-c4ccc(CCN)cc4)ccc3ncc21. The molecule has 11 heterocycles. The number of nitrogens with zero attached hydrogens (tertiary/aromatic N) is 19. The number of hydrogen-bond donors (Lipinski definition) is 4. The second-order valence-electron chi connectivity index (χ2n) is 35.6. The lowest BCUT2D eigenvalue weighted by atomic mass is 10.0. The Balaban J connectivity index is 0.000000116. The number of benzene rings is 12. The molecule has 0 amide bonds. The first-order valence-electron chi connectivity index (χ1n) is 46.7. The Bertz CT molecular complexity index is 8630. The van der Waals surface area contributed by atoms with Gasteiger partial charge in [-0.2, -0.15) is 21.0 Å². The number of nitrogens with one attached hydrogen (secondary N) is 3. The molecule has 12 aromatic carbocycles. The molecule has 142 heavy (non-hydrogen) atoms. The number of imidazole rings is 4. The van der Waals surface area contributed by atoms with Gasteiger partial charge >= 0.3 is 22.8 Å². The number of nitrogens with two attached hydrogens (primary N) is 1. The molecule has 3 aliphatic rings. The minimum Gasteiger partial charge on any atom is -0.368 e. The number of pyridine rings is 4. The summed E-state index contributed by atoms with van der Waals surface area (Å²) in [6.07, 6.45) is 7.73. The molecule has 27 nitrogen and oxygen atoms in total. The summed E-state index contributed by atoms with van der Waals surface area (Å²) in [5, 5.41) is 53.4. The average molecular weight is 1900 g/mol. The van der Waals surface area contributed by atoms with E-state index in [2.05, 4.69) is 111 Å². The van der Waals surface area contributed by atoms with Crippen LogP contribution in [0.2, 0.25) is 5.02 Å². The number of anilines is 3. The first-order chi connectivity index (χ1) is 69.1. The van der Waals surface area contributed by atoms with Crippen LogP contribution in [0.4, 0.5) is 25.8 Å². The molecular weight excluding hydrogens is 1800 g/mol. The molecule has 0 radical (unpaired) electrons. The van der Waals surface area contributed by atoms with Crippen molar-refractivity contribution in [1.82, 2.24) is 72.4 Å². The maximum Gasteiger partial charge on any atom is 0.333 e. The third kappa shape index (κ3) is 17.2. The Labute approximate surface area is 818 Å². The van der Waals surface area contributed by atoms with Gasteiger partial charge in [-0.1, -0.05) is 103 Å². The van der Waals surface area contributed by atoms with Gasteiger partial charge < -0.3 is 36.4 Å². The highest BCUT2D eigenvalue weighted by Crippen LogP contribution is 2.40. The highest BCUT2D eigenvalue weighted by Gasteiger charge is 2.28. The summed E-state index contributed by atoms with van der Waals surface area (Å²) in [5.74, 6) is -0.586. The molecule has 0 atom stereocenters. The van der Waals surface area contributed by atoms with Gasteiger partial charge in [-0.25, -0.2) is 28.0 Å². The van der Waals surface area contributed by atoms with Gasteiger partial charge in [0.1, 0.15) is 29.8 Å².